The van der Waals surface area contributed by atoms with Gasteiger partial charge in [0.15, 0.2) is 0 Å². The number of aromatic hydroxyl groups is 3. The Bertz CT molecular complexity index is 1330. The lowest BCUT2D eigenvalue weighted by Crippen LogP contribution is -2.10. The fraction of sp³-hybridized carbons (Fsp3) is 0.250. The van der Waals surface area contributed by atoms with E-state index in [4.69, 9.17) is 0 Å². The Morgan fingerprint density at radius 2 is 0.944 bits per heavy atom. The summed E-state index contributed by atoms with van der Waals surface area (Å²) in [6, 6.07) is 7.04. The van der Waals surface area contributed by atoms with Crippen LogP contribution in [0.3, 0.4) is 0 Å². The molecule has 0 heterocycles. The van der Waals surface area contributed by atoms with E-state index in [0.29, 0.717) is 0 Å². The highest BCUT2D eigenvalue weighted by molar-refractivity contribution is 5.55. The number of rotatable bonds is 8. The predicted octanol–water partition coefficient (Wildman–Crippen LogP) is 5.02. The molecule has 0 radical (unpaired) electrons. The van der Waals surface area contributed by atoms with Crippen LogP contribution in [-0.4, -0.2) is 30.1 Å². The van der Waals surface area contributed by atoms with Gasteiger partial charge in [-0.2, -0.15) is 0 Å². The van der Waals surface area contributed by atoms with Crippen molar-refractivity contribution in [3.05, 3.63) is 100 Å². The van der Waals surface area contributed by atoms with Gasteiger partial charge in [0.2, 0.25) is 0 Å². The molecule has 0 unspecified atom stereocenters. The van der Waals surface area contributed by atoms with Crippen molar-refractivity contribution in [2.75, 3.05) is 0 Å². The van der Waals surface area contributed by atoms with Crippen molar-refractivity contribution < 1.29 is 30.1 Å². The molecule has 0 aliphatic rings. The van der Waals surface area contributed by atoms with Crippen molar-refractivity contribution in [2.45, 2.75) is 39.5 Å². The van der Waals surface area contributed by atoms with Gasteiger partial charge < -0.3 is 15.3 Å². The summed E-state index contributed by atoms with van der Waals surface area (Å²) in [7, 11) is 0. The van der Waals surface area contributed by atoms with Crippen LogP contribution in [0, 0.1) is 51.1 Å². The van der Waals surface area contributed by atoms with Gasteiger partial charge in [-0.05, 0) is 56.2 Å². The molecule has 3 aromatic carbocycles. The van der Waals surface area contributed by atoms with E-state index < -0.39 is 20.7 Å². The Morgan fingerprint density at radius 3 is 1.31 bits per heavy atom. The molecular formula is C24H23N3O9. The van der Waals surface area contributed by atoms with Gasteiger partial charge in [0.05, 0.1) is 14.8 Å². The Labute approximate surface area is 204 Å². The number of non-ortho nitro benzene ring substituents is 3. The third kappa shape index (κ3) is 5.17. The number of phenolic OH excluding ortho intramolecular Hbond substituents is 3. The first kappa shape index (κ1) is 25.9. The quantitative estimate of drug-likeness (QED) is 0.283. The number of phenols is 3. The van der Waals surface area contributed by atoms with Gasteiger partial charge in [-0.15, -0.1) is 0 Å². The van der Waals surface area contributed by atoms with Crippen molar-refractivity contribution in [1.29, 1.82) is 0 Å². The molecule has 0 saturated carbocycles. The van der Waals surface area contributed by atoms with Crippen LogP contribution in [0.1, 0.15) is 39.3 Å². The molecule has 0 saturated heterocycles. The molecule has 0 aliphatic heterocycles. The second kappa shape index (κ2) is 9.86. The maximum absolute atomic E-state index is 11.5. The topological polar surface area (TPSA) is 190 Å². The monoisotopic (exact) mass is 497 g/mol. The lowest BCUT2D eigenvalue weighted by atomic mass is 9.83. The first-order chi connectivity index (χ1) is 16.8. The van der Waals surface area contributed by atoms with Crippen molar-refractivity contribution >= 4 is 17.1 Å². The summed E-state index contributed by atoms with van der Waals surface area (Å²) in [6.07, 6.45) is -0.270. The van der Waals surface area contributed by atoms with Crippen LogP contribution in [-0.2, 0) is 12.8 Å². The minimum atomic E-state index is -0.872. The van der Waals surface area contributed by atoms with Gasteiger partial charge in [0.1, 0.15) is 17.2 Å². The molecular weight excluding hydrogens is 474 g/mol. The van der Waals surface area contributed by atoms with E-state index in [1.165, 1.54) is 39.0 Å². The number of aryl methyl sites for hydroxylation is 3. The van der Waals surface area contributed by atoms with E-state index in [9.17, 15) is 45.7 Å². The van der Waals surface area contributed by atoms with Crippen LogP contribution in [0.15, 0.2) is 36.4 Å². The van der Waals surface area contributed by atoms with Crippen molar-refractivity contribution in [3.8, 4) is 17.2 Å². The number of hydrogen-bond donors (Lipinski definition) is 3. The van der Waals surface area contributed by atoms with Crippen molar-refractivity contribution in [1.82, 2.24) is 0 Å². The zero-order valence-corrected chi connectivity index (χ0v) is 19.6. The number of nitrogens with zero attached hydrogens (tertiary/aromatic N) is 3. The van der Waals surface area contributed by atoms with Gasteiger partial charge in [-0.25, -0.2) is 0 Å². The molecule has 36 heavy (non-hydrogen) atoms. The molecule has 0 bridgehead atoms. The molecule has 0 aromatic heterocycles. The first-order valence-corrected chi connectivity index (χ1v) is 10.7. The summed E-state index contributed by atoms with van der Waals surface area (Å²) in [5, 5.41) is 66.3. The smallest absolute Gasteiger partial charge is 0.270 e. The van der Waals surface area contributed by atoms with E-state index in [1.54, 1.807) is 0 Å². The molecule has 0 amide bonds. The van der Waals surface area contributed by atoms with E-state index in [-0.39, 0.29) is 80.5 Å². The minimum absolute atomic E-state index is 0.0915. The number of nitro benzene ring substituents is 3. The van der Waals surface area contributed by atoms with E-state index in [1.807, 2.05) is 0 Å². The maximum atomic E-state index is 11.5. The van der Waals surface area contributed by atoms with Crippen LogP contribution < -0.4 is 0 Å². The normalized spacial score (nSPS) is 11.0. The Hall–Kier alpha value is -4.74. The van der Waals surface area contributed by atoms with Crippen LogP contribution in [0.5, 0.6) is 17.2 Å². The average molecular weight is 497 g/mol. The van der Waals surface area contributed by atoms with E-state index in [2.05, 4.69) is 0 Å². The Balaban J connectivity index is 2.23. The summed E-state index contributed by atoms with van der Waals surface area (Å²) in [4.78, 5) is 32.3. The molecule has 188 valence electrons. The molecule has 3 aromatic rings. The summed E-state index contributed by atoms with van der Waals surface area (Å²) in [5.74, 6) is -1.60. The summed E-state index contributed by atoms with van der Waals surface area (Å²) in [6.45, 7) is 4.42. The molecule has 0 spiro atoms. The molecule has 12 nitrogen and oxygen atoms in total. The zero-order valence-electron chi connectivity index (χ0n) is 19.6. The van der Waals surface area contributed by atoms with Crippen LogP contribution in [0.4, 0.5) is 17.1 Å². The standard InChI is InChI=1S/C24H23N3O9/c1-12-4-18(25(31)32)9-16(22(12)28)7-15(21-11-20(27(35)36)6-14(3)24(21)30)8-17-10-19(26(33)34)5-13(2)23(17)29/h4-6,9-11,15,28-30H,7-8H2,1-3H3. The van der Waals surface area contributed by atoms with Crippen molar-refractivity contribution in [2.24, 2.45) is 0 Å². The Kier molecular flexibility index (Phi) is 7.09. The first-order valence-electron chi connectivity index (χ1n) is 10.7. The third-order valence-corrected chi connectivity index (χ3v) is 6.05. The molecule has 0 aliphatic carbocycles. The molecule has 0 atom stereocenters. The second-order valence-electron chi connectivity index (χ2n) is 8.62. The SMILES string of the molecule is Cc1cc([N+](=O)[O-])cc(CC(Cc2cc([N+](=O)[O-])cc(C)c2O)c2cc([N+](=O)[O-])cc(C)c2O)c1O. The lowest BCUT2D eigenvalue weighted by molar-refractivity contribution is -0.385. The highest BCUT2D eigenvalue weighted by Crippen LogP contribution is 2.41. The van der Waals surface area contributed by atoms with Gasteiger partial charge in [0.25, 0.3) is 17.1 Å². The van der Waals surface area contributed by atoms with Gasteiger partial charge in [-0.1, -0.05) is 0 Å². The molecule has 3 N–H and O–H groups in total. The van der Waals surface area contributed by atoms with Gasteiger partial charge in [0, 0.05) is 53.1 Å². The fourth-order valence-corrected chi connectivity index (χ4v) is 4.21. The highest BCUT2D eigenvalue weighted by Gasteiger charge is 2.27. The van der Waals surface area contributed by atoms with Crippen LogP contribution in [0.2, 0.25) is 0 Å². The van der Waals surface area contributed by atoms with Crippen LogP contribution in [0.25, 0.3) is 0 Å². The zero-order chi connectivity index (χ0) is 26.9. The summed E-state index contributed by atoms with van der Waals surface area (Å²) >= 11 is 0. The highest BCUT2D eigenvalue weighted by atomic mass is 16.6. The Morgan fingerprint density at radius 1 is 0.611 bits per heavy atom. The molecule has 0 fully saturated rings. The van der Waals surface area contributed by atoms with Crippen molar-refractivity contribution in [3.63, 3.8) is 0 Å². The summed E-state index contributed by atoms with van der Waals surface area (Å²) in [5.41, 5.74) is 0.132. The number of benzene rings is 3. The third-order valence-electron chi connectivity index (χ3n) is 6.05. The van der Waals surface area contributed by atoms with Crippen LogP contribution >= 0.6 is 0 Å². The maximum Gasteiger partial charge on any atom is 0.270 e. The fourth-order valence-electron chi connectivity index (χ4n) is 4.21. The number of nitro groups is 3. The van der Waals surface area contributed by atoms with Gasteiger partial charge in [-0.3, -0.25) is 30.3 Å². The largest absolute Gasteiger partial charge is 0.507 e. The average Bonchev–Trinajstić information content (AvgIpc) is 2.80. The van der Waals surface area contributed by atoms with E-state index in [0.717, 1.165) is 18.2 Å². The molecule has 12 heteroatoms. The number of hydrogen-bond acceptors (Lipinski definition) is 9. The summed E-state index contributed by atoms with van der Waals surface area (Å²) < 4.78 is 0. The molecule has 3 rings (SSSR count). The predicted molar refractivity (Wildman–Crippen MR) is 129 cm³/mol. The van der Waals surface area contributed by atoms with Gasteiger partial charge >= 0.3 is 0 Å². The second-order valence-corrected chi connectivity index (χ2v) is 8.62. The minimum Gasteiger partial charge on any atom is -0.507 e. The van der Waals surface area contributed by atoms with E-state index >= 15 is 0 Å². The lowest BCUT2D eigenvalue weighted by Gasteiger charge is -2.21.